The van der Waals surface area contributed by atoms with Gasteiger partial charge in [-0.2, -0.15) is 0 Å². The number of carbonyl (C=O) groups is 12. The van der Waals surface area contributed by atoms with Gasteiger partial charge in [0.15, 0.2) is 0 Å². The Hall–Kier alpha value is -9.87. The summed E-state index contributed by atoms with van der Waals surface area (Å²) < 4.78 is 17.9. The number of methoxy groups -OCH3 is 2. The lowest BCUT2D eigenvalue weighted by Crippen LogP contribution is -2.60. The number of likely N-dealkylation sites (N-methyl/N-ethyl adjacent to an activating group) is 2. The Kier molecular flexibility index (Phi) is 31.1. The van der Waals surface area contributed by atoms with Crippen LogP contribution in [0.2, 0.25) is 0 Å². The van der Waals surface area contributed by atoms with Gasteiger partial charge in [0.05, 0.1) is 48.4 Å². The molecule has 13 amide bonds. The van der Waals surface area contributed by atoms with E-state index in [2.05, 4.69) is 48.8 Å². The van der Waals surface area contributed by atoms with Crippen molar-refractivity contribution in [2.24, 2.45) is 35.3 Å². The molecule has 0 spiro atoms. The van der Waals surface area contributed by atoms with Crippen LogP contribution in [0.1, 0.15) is 133 Å². The highest BCUT2D eigenvalue weighted by atomic mass is 32.1. The summed E-state index contributed by atoms with van der Waals surface area (Å²) in [7, 11) is 6.12. The van der Waals surface area contributed by atoms with Gasteiger partial charge in [-0.3, -0.25) is 52.8 Å². The number of nitrogens with one attached hydrogen (secondary N) is 7. The Morgan fingerprint density at radius 2 is 1.42 bits per heavy atom. The van der Waals surface area contributed by atoms with Gasteiger partial charge in [0.25, 0.3) is 17.7 Å². The smallest absolute Gasteiger partial charge is 0.410 e. The number of urea groups is 1. The van der Waals surface area contributed by atoms with Crippen LogP contribution < -0.4 is 47.9 Å². The summed E-state index contributed by atoms with van der Waals surface area (Å²) in [5, 5.41) is 21.9. The zero-order chi connectivity index (χ0) is 75.9. The molecular formula is C74H101N13O15S. The van der Waals surface area contributed by atoms with Crippen LogP contribution >= 0.6 is 11.3 Å². The maximum Gasteiger partial charge on any atom is 0.410 e. The van der Waals surface area contributed by atoms with Gasteiger partial charge < -0.3 is 67.0 Å². The first-order valence-electron chi connectivity index (χ1n) is 34.7. The molecule has 558 valence electrons. The summed E-state index contributed by atoms with van der Waals surface area (Å²) in [5.74, 6) is -8.08. The quantitative estimate of drug-likeness (QED) is 0.0131. The average Bonchev–Trinajstić information content (AvgIpc) is 1.80. The molecule has 0 unspecified atom stereocenters. The summed E-state index contributed by atoms with van der Waals surface area (Å²) in [6.07, 6.45) is 5.04. The van der Waals surface area contributed by atoms with Crippen molar-refractivity contribution in [3.05, 3.63) is 131 Å². The van der Waals surface area contributed by atoms with Crippen LogP contribution in [0.4, 0.5) is 26.7 Å². The number of anilines is 3. The topological polar surface area (TPSA) is 369 Å². The first-order valence-corrected chi connectivity index (χ1v) is 35.6. The molecule has 1 fully saturated rings. The first-order chi connectivity index (χ1) is 48.9. The average molecular weight is 1440 g/mol. The van der Waals surface area contributed by atoms with Gasteiger partial charge >= 0.3 is 12.1 Å². The van der Waals surface area contributed by atoms with Crippen LogP contribution in [0.25, 0.3) is 0 Å². The Balaban J connectivity index is 1.07. The zero-order valence-electron chi connectivity index (χ0n) is 61.0. The van der Waals surface area contributed by atoms with E-state index in [1.165, 1.54) is 55.8 Å². The maximum absolute atomic E-state index is 14.9. The van der Waals surface area contributed by atoms with E-state index in [0.29, 0.717) is 37.8 Å². The fourth-order valence-corrected chi connectivity index (χ4v) is 13.5. The third-order valence-electron chi connectivity index (χ3n) is 18.6. The third kappa shape index (κ3) is 22.6. The van der Waals surface area contributed by atoms with E-state index in [0.717, 1.165) is 38.6 Å². The van der Waals surface area contributed by atoms with Gasteiger partial charge in [-0.15, -0.1) is 11.3 Å². The van der Waals surface area contributed by atoms with E-state index in [1.54, 1.807) is 83.8 Å². The summed E-state index contributed by atoms with van der Waals surface area (Å²) in [4.78, 5) is 173. The summed E-state index contributed by atoms with van der Waals surface area (Å²) in [6, 6.07) is 13.0. The summed E-state index contributed by atoms with van der Waals surface area (Å²) in [5.41, 5.74) is 6.96. The van der Waals surface area contributed by atoms with Crippen LogP contribution in [0, 0.1) is 29.6 Å². The highest BCUT2D eigenvalue weighted by Gasteiger charge is 2.44. The molecule has 4 aromatic rings. The zero-order valence-corrected chi connectivity index (χ0v) is 61.8. The first kappa shape index (κ1) is 82.1. The van der Waals surface area contributed by atoms with Crippen LogP contribution in [0.5, 0.6) is 0 Å². The minimum absolute atomic E-state index is 0.00838. The van der Waals surface area contributed by atoms with Gasteiger partial charge in [-0.1, -0.05) is 118 Å². The third-order valence-corrected chi connectivity index (χ3v) is 19.5. The second-order valence-electron chi connectivity index (χ2n) is 27.0. The number of amides is 13. The lowest BCUT2D eigenvalue weighted by molar-refractivity contribution is -0.148. The molecule has 103 heavy (non-hydrogen) atoms. The van der Waals surface area contributed by atoms with Crippen LogP contribution in [-0.4, -0.2) is 181 Å². The number of likely N-dealkylation sites (tertiary alicyclic amines) is 1. The Bertz CT molecular complexity index is 3650. The molecule has 0 aliphatic carbocycles. The second-order valence-corrected chi connectivity index (χ2v) is 27.9. The minimum Gasteiger partial charge on any atom is -0.445 e. The number of nitrogens with zero attached hydrogens (tertiary/aromatic N) is 5. The van der Waals surface area contributed by atoms with Crippen molar-refractivity contribution in [1.29, 1.82) is 0 Å². The van der Waals surface area contributed by atoms with Crippen molar-refractivity contribution < 1.29 is 71.7 Å². The van der Waals surface area contributed by atoms with Crippen molar-refractivity contribution in [3.8, 4) is 0 Å². The number of rotatable bonds is 37. The fraction of sp³-hybridized carbons (Fsp3) is 0.500. The van der Waals surface area contributed by atoms with Crippen LogP contribution in [0.15, 0.2) is 109 Å². The second kappa shape index (κ2) is 39.0. The van der Waals surface area contributed by atoms with E-state index >= 15 is 0 Å². The number of carbonyl (C=O) groups excluding carboxylic acids is 12. The fourth-order valence-electron chi connectivity index (χ4n) is 12.8. The number of ether oxygens (including phenoxy) is 3. The van der Waals surface area contributed by atoms with Gasteiger partial charge in [0.1, 0.15) is 35.8 Å². The van der Waals surface area contributed by atoms with Gasteiger partial charge in [-0.25, -0.2) is 19.5 Å². The van der Waals surface area contributed by atoms with E-state index in [9.17, 15) is 57.5 Å². The molecule has 9 N–H and O–H groups in total. The normalized spacial score (nSPS) is 16.4. The lowest BCUT2D eigenvalue weighted by Gasteiger charge is -2.41. The predicted molar refractivity (Wildman–Crippen MR) is 389 cm³/mol. The molecule has 1 saturated heterocycles. The van der Waals surface area contributed by atoms with Crippen LogP contribution in [-0.2, 0) is 70.4 Å². The van der Waals surface area contributed by atoms with Crippen molar-refractivity contribution in [2.45, 2.75) is 168 Å². The van der Waals surface area contributed by atoms with Gasteiger partial charge in [0.2, 0.25) is 41.4 Å². The Labute approximate surface area is 606 Å². The SMILES string of the molecule is C=CC(=O)Nc1cc(C(=O)N[C@H](C(=O)N[C@@H](CCCNC(N)=O)C(=O)Nc2ccc(COC(=O)N(C)[C@H](C(=O)N[C@H](C(=O)N(C)[C@@H]([C@@H](C)CC)[C@@H](CC(=O)N3CCC[C@H]3[C@H](OC)[C@@H](C)C(=O)N[C@@H](Cc3ccccc3)c3nccs3)OC)C(C)C)C(C)C)cc2)C(C)C)cc(N2C(=O)C=CC2=O)c1. The number of imide groups is 1. The molecule has 1 aromatic heterocycles. The van der Waals surface area contributed by atoms with Crippen molar-refractivity contribution in [1.82, 2.24) is 46.3 Å². The summed E-state index contributed by atoms with van der Waals surface area (Å²) >= 11 is 1.46. The number of aromatic nitrogens is 1. The molecule has 6 rings (SSSR count). The number of benzene rings is 3. The number of hydrogen-bond acceptors (Lipinski definition) is 17. The molecule has 2 aliphatic heterocycles. The van der Waals surface area contributed by atoms with Crippen LogP contribution in [0.3, 0.4) is 0 Å². The molecule has 2 aliphatic rings. The highest BCUT2D eigenvalue weighted by molar-refractivity contribution is 7.09. The molecule has 0 radical (unpaired) electrons. The molecular weight excluding hydrogens is 1340 g/mol. The molecule has 28 nitrogen and oxygen atoms in total. The number of nitrogens with two attached hydrogens (primary N) is 1. The molecule has 3 aromatic carbocycles. The molecule has 29 heteroatoms. The minimum atomic E-state index is -1.27. The standard InChI is InChI=1S/C74H101N13O15S/c1-15-45(9)64(56(100-13)40-60(91)86-34-21-25-55(86)65(101-14)46(10)66(92)81-54(71-76-33-35-103-71)36-47-22-18-17-19-23-47)84(11)72(97)62(43(5)6)83-70(96)63(44(7)8)85(12)74(99)102-41-48-26-28-50(29-27-48)79-68(94)53(24-20-32-77-73(75)98)80-69(95)61(42(3)4)82-67(93)49-37-51(78-57(88)16-2)39-52(38-49)87-58(89)30-31-59(87)90/h16-19,22-23,26-31,33,35,37-39,42-46,53-56,61-65H,2,15,20-21,24-25,32,34,36,40-41H2,1,3-14H3,(H,78,88)(H,79,94)(H,80,95)(H,81,92)(H,82,93)(H,83,96)(H3,75,77,98)/t45-,46+,53-,54-,55-,56+,61-,62-,63-,64-,65+/m0/s1. The Morgan fingerprint density at radius 1 is 0.748 bits per heavy atom. The van der Waals surface area contributed by atoms with Crippen molar-refractivity contribution in [2.75, 3.05) is 56.9 Å². The van der Waals surface area contributed by atoms with E-state index in [4.69, 9.17) is 19.9 Å². The van der Waals surface area contributed by atoms with E-state index < -0.39 is 132 Å². The van der Waals surface area contributed by atoms with Gasteiger partial charge in [0, 0.05) is 82.1 Å². The van der Waals surface area contributed by atoms with Crippen molar-refractivity contribution in [3.63, 3.8) is 0 Å². The van der Waals surface area contributed by atoms with E-state index in [1.807, 2.05) is 56.5 Å². The largest absolute Gasteiger partial charge is 0.445 e. The lowest BCUT2D eigenvalue weighted by atomic mass is 9.89. The summed E-state index contributed by atoms with van der Waals surface area (Å²) in [6.45, 7) is 19.8. The number of primary amides is 1. The Morgan fingerprint density at radius 3 is 2.00 bits per heavy atom. The molecule has 11 atom stereocenters. The van der Waals surface area contributed by atoms with E-state index in [-0.39, 0.29) is 78.8 Å². The number of thiazole rings is 1. The molecule has 3 heterocycles. The highest BCUT2D eigenvalue weighted by Crippen LogP contribution is 2.32. The molecule has 0 saturated carbocycles. The molecule has 0 bridgehead atoms. The monoisotopic (exact) mass is 1440 g/mol. The van der Waals surface area contributed by atoms with Gasteiger partial charge in [-0.05, 0) is 103 Å². The van der Waals surface area contributed by atoms with Crippen molar-refractivity contribution >= 4 is 99.6 Å². The number of hydrogen-bond donors (Lipinski definition) is 8. The predicted octanol–water partition coefficient (Wildman–Crippen LogP) is 6.78. The maximum atomic E-state index is 14.9.